The summed E-state index contributed by atoms with van der Waals surface area (Å²) < 4.78 is 12.1. The molecular weight excluding hydrogens is 795 g/mol. The number of aliphatic hydroxyl groups is 1. The number of nitrogens with zero attached hydrogens (tertiary/aromatic N) is 3. The van der Waals surface area contributed by atoms with E-state index < -0.39 is 48.4 Å². The molecular formula is C51H83N5O7. The Morgan fingerprint density at radius 2 is 1.44 bits per heavy atom. The first-order chi connectivity index (χ1) is 29.8. The first-order valence-electron chi connectivity index (χ1n) is 23.5. The average Bonchev–Trinajstić information content (AvgIpc) is 3.74. The van der Waals surface area contributed by atoms with Gasteiger partial charge in [0.1, 0.15) is 6.04 Å². The first kappa shape index (κ1) is 53.5. The van der Waals surface area contributed by atoms with Gasteiger partial charge in [-0.05, 0) is 80.0 Å². The van der Waals surface area contributed by atoms with Gasteiger partial charge in [0, 0.05) is 34.4 Å². The molecule has 2 aromatic carbocycles. The zero-order valence-electron chi connectivity index (χ0n) is 41.1. The zero-order valence-corrected chi connectivity index (χ0v) is 41.1. The first-order valence-corrected chi connectivity index (χ1v) is 23.5. The van der Waals surface area contributed by atoms with Crippen LogP contribution in [0, 0.1) is 29.6 Å². The summed E-state index contributed by atoms with van der Waals surface area (Å²) >= 11 is 0. The third kappa shape index (κ3) is 14.8. The number of hydrogen-bond donors (Lipinski definition) is 3. The summed E-state index contributed by atoms with van der Waals surface area (Å²) in [7, 11) is 6.87. The molecule has 0 aromatic heterocycles. The van der Waals surface area contributed by atoms with Gasteiger partial charge in [-0.25, -0.2) is 0 Å². The molecule has 1 aliphatic heterocycles. The van der Waals surface area contributed by atoms with Gasteiger partial charge in [0.2, 0.25) is 23.6 Å². The molecule has 1 saturated heterocycles. The molecule has 354 valence electrons. The van der Waals surface area contributed by atoms with Crippen molar-refractivity contribution in [2.75, 3.05) is 41.4 Å². The van der Waals surface area contributed by atoms with Crippen LogP contribution in [0.1, 0.15) is 118 Å². The van der Waals surface area contributed by atoms with Gasteiger partial charge >= 0.3 is 0 Å². The molecule has 12 heteroatoms. The SMILES string of the molecule is CC[C@H](C)[C@@H]([C@@H](CC(=O)N1CCC[C@H]1[C@H](OC)[C@@H](C)C(=O)N[C@H](C)[C@@H](O)c1ccccc1)OC)N(C)C(=O)[C@@H](NC(=O)[C@H](C(C)C)N(C)CCc1ccc(CC(C)C)cc1)C(C)C. The molecule has 0 aliphatic carbocycles. The highest BCUT2D eigenvalue weighted by Crippen LogP contribution is 2.30. The minimum absolute atomic E-state index is 0.00129. The van der Waals surface area contributed by atoms with Gasteiger partial charge in [-0.15, -0.1) is 0 Å². The van der Waals surface area contributed by atoms with Crippen LogP contribution >= 0.6 is 0 Å². The number of rotatable bonds is 25. The van der Waals surface area contributed by atoms with E-state index in [2.05, 4.69) is 67.5 Å². The van der Waals surface area contributed by atoms with Crippen LogP contribution in [-0.4, -0.2) is 127 Å². The fourth-order valence-corrected chi connectivity index (χ4v) is 9.42. The predicted octanol–water partition coefficient (Wildman–Crippen LogP) is 6.68. The lowest BCUT2D eigenvalue weighted by molar-refractivity contribution is -0.148. The molecule has 3 N–H and O–H groups in total. The molecule has 0 unspecified atom stereocenters. The maximum atomic E-state index is 14.6. The predicted molar refractivity (Wildman–Crippen MR) is 252 cm³/mol. The zero-order chi connectivity index (χ0) is 47.1. The normalized spacial score (nSPS) is 18.7. The van der Waals surface area contributed by atoms with E-state index in [1.54, 1.807) is 40.0 Å². The van der Waals surface area contributed by atoms with Crippen LogP contribution in [0.25, 0.3) is 0 Å². The molecule has 0 spiro atoms. The molecule has 10 atom stereocenters. The van der Waals surface area contributed by atoms with E-state index in [0.717, 1.165) is 25.7 Å². The van der Waals surface area contributed by atoms with Gasteiger partial charge in [-0.2, -0.15) is 0 Å². The number of benzene rings is 2. The quantitative estimate of drug-likeness (QED) is 0.100. The largest absolute Gasteiger partial charge is 0.386 e. The Hall–Kier alpha value is -3.84. The summed E-state index contributed by atoms with van der Waals surface area (Å²) in [5.74, 6) is -1.07. The van der Waals surface area contributed by atoms with E-state index in [1.807, 2.05) is 70.0 Å². The summed E-state index contributed by atoms with van der Waals surface area (Å²) in [5.41, 5.74) is 3.26. The number of amides is 4. The monoisotopic (exact) mass is 878 g/mol. The second-order valence-corrected chi connectivity index (χ2v) is 19.3. The molecule has 0 saturated carbocycles. The molecule has 3 rings (SSSR count). The maximum Gasteiger partial charge on any atom is 0.245 e. The smallest absolute Gasteiger partial charge is 0.245 e. The van der Waals surface area contributed by atoms with Crippen LogP contribution in [0.15, 0.2) is 54.6 Å². The second-order valence-electron chi connectivity index (χ2n) is 19.3. The lowest BCUT2D eigenvalue weighted by Gasteiger charge is -2.41. The molecule has 0 radical (unpaired) electrons. The highest BCUT2D eigenvalue weighted by atomic mass is 16.5. The Labute approximate surface area is 380 Å². The topological polar surface area (TPSA) is 141 Å². The van der Waals surface area contributed by atoms with Crippen LogP contribution in [-0.2, 0) is 41.5 Å². The number of carbonyl (C=O) groups is 4. The molecule has 2 aromatic rings. The third-order valence-corrected chi connectivity index (χ3v) is 13.3. The van der Waals surface area contributed by atoms with Gasteiger partial charge in [-0.1, -0.05) is 123 Å². The summed E-state index contributed by atoms with van der Waals surface area (Å²) in [4.78, 5) is 62.3. The molecule has 1 aliphatic rings. The van der Waals surface area contributed by atoms with E-state index in [0.29, 0.717) is 31.0 Å². The highest BCUT2D eigenvalue weighted by Gasteiger charge is 2.43. The van der Waals surface area contributed by atoms with E-state index in [9.17, 15) is 24.3 Å². The number of methoxy groups -OCH3 is 2. The fraction of sp³-hybridized carbons (Fsp3) is 0.686. The number of hydrogen-bond acceptors (Lipinski definition) is 8. The number of nitrogens with one attached hydrogen (secondary N) is 2. The van der Waals surface area contributed by atoms with Crippen molar-refractivity contribution in [3.05, 3.63) is 71.3 Å². The summed E-state index contributed by atoms with van der Waals surface area (Å²) in [5, 5.41) is 17.0. The molecule has 1 fully saturated rings. The van der Waals surface area contributed by atoms with Crippen molar-refractivity contribution in [3.8, 4) is 0 Å². The minimum Gasteiger partial charge on any atom is -0.386 e. The Bertz CT molecular complexity index is 1710. The van der Waals surface area contributed by atoms with Gasteiger partial charge in [0.15, 0.2) is 0 Å². The molecule has 4 amide bonds. The van der Waals surface area contributed by atoms with Crippen LogP contribution in [0.5, 0.6) is 0 Å². The van der Waals surface area contributed by atoms with Gasteiger partial charge in [-0.3, -0.25) is 24.1 Å². The van der Waals surface area contributed by atoms with Crippen molar-refractivity contribution in [1.29, 1.82) is 0 Å². The van der Waals surface area contributed by atoms with E-state index in [-0.39, 0.29) is 53.8 Å². The van der Waals surface area contributed by atoms with Gasteiger partial charge in [0.05, 0.1) is 54.8 Å². The van der Waals surface area contributed by atoms with Gasteiger partial charge in [0.25, 0.3) is 0 Å². The second kappa shape index (κ2) is 25.6. The Balaban J connectivity index is 1.74. The molecule has 12 nitrogen and oxygen atoms in total. The number of likely N-dealkylation sites (tertiary alicyclic amines) is 1. The number of ether oxygens (including phenoxy) is 2. The van der Waals surface area contributed by atoms with Crippen LogP contribution in [0.4, 0.5) is 0 Å². The van der Waals surface area contributed by atoms with Crippen LogP contribution in [0.3, 0.4) is 0 Å². The van der Waals surface area contributed by atoms with Crippen molar-refractivity contribution in [1.82, 2.24) is 25.3 Å². The van der Waals surface area contributed by atoms with Crippen molar-refractivity contribution < 1.29 is 33.8 Å². The van der Waals surface area contributed by atoms with E-state index in [1.165, 1.54) is 11.1 Å². The van der Waals surface area contributed by atoms with E-state index in [4.69, 9.17) is 9.47 Å². The van der Waals surface area contributed by atoms with E-state index >= 15 is 0 Å². The fourth-order valence-electron chi connectivity index (χ4n) is 9.42. The summed E-state index contributed by atoms with van der Waals surface area (Å²) in [6, 6.07) is 15.4. The Morgan fingerprint density at radius 1 is 0.825 bits per heavy atom. The third-order valence-electron chi connectivity index (χ3n) is 13.3. The highest BCUT2D eigenvalue weighted by molar-refractivity contribution is 5.90. The Kier molecular flexibility index (Phi) is 21.7. The Morgan fingerprint density at radius 3 is 1.98 bits per heavy atom. The van der Waals surface area contributed by atoms with Crippen molar-refractivity contribution in [3.63, 3.8) is 0 Å². The number of likely N-dealkylation sites (N-methyl/N-ethyl adjacent to an activating group) is 2. The van der Waals surface area contributed by atoms with Crippen molar-refractivity contribution in [2.45, 2.75) is 156 Å². The lowest BCUT2D eigenvalue weighted by atomic mass is 9.89. The molecule has 0 bridgehead atoms. The van der Waals surface area contributed by atoms with Gasteiger partial charge < -0.3 is 35.0 Å². The number of carbonyl (C=O) groups excluding carboxylic acids is 4. The standard InChI is InChI=1S/C51H83N5O7/c1-15-35(8)46(55(12)51(61)44(33(4)5)53-50(60)45(34(6)7)54(11)29-27-38-23-25-39(26-24-38)30-32(2)3)42(62-13)31-43(57)56-28-19-22-41(56)48(63-14)36(9)49(59)52-37(10)47(58)40-20-17-16-18-21-40/h16-18,20-21,23-26,32-37,41-42,44-48,58H,15,19,22,27-31H2,1-14H3,(H,52,59)(H,53,60)/t35-,36+,37+,41-,42+,44-,45-,46-,47+,48+/m0/s1. The van der Waals surface area contributed by atoms with Crippen molar-refractivity contribution >= 4 is 23.6 Å². The lowest BCUT2D eigenvalue weighted by Crippen LogP contribution is -2.60. The van der Waals surface area contributed by atoms with Crippen molar-refractivity contribution in [2.24, 2.45) is 29.6 Å². The average molecular weight is 878 g/mol. The maximum absolute atomic E-state index is 14.6. The molecule has 63 heavy (non-hydrogen) atoms. The number of aliphatic hydroxyl groups excluding tert-OH is 1. The summed E-state index contributed by atoms with van der Waals surface area (Å²) in [6.45, 7) is 21.3. The minimum atomic E-state index is -0.883. The van der Waals surface area contributed by atoms with Crippen LogP contribution < -0.4 is 10.6 Å². The van der Waals surface area contributed by atoms with Crippen LogP contribution in [0.2, 0.25) is 0 Å². The summed E-state index contributed by atoms with van der Waals surface area (Å²) in [6.07, 6.45) is 1.93. The molecule has 1 heterocycles.